The smallest absolute Gasteiger partial charge is 0.156 e. The van der Waals surface area contributed by atoms with Gasteiger partial charge in [-0.25, -0.2) is 14.4 Å². The van der Waals surface area contributed by atoms with E-state index >= 15 is 0 Å². The molecule has 3 aromatic heterocycles. The minimum Gasteiger partial charge on any atom is -0.382 e. The minimum absolute atomic E-state index is 0.0595. The molecule has 0 saturated carbocycles. The van der Waals surface area contributed by atoms with Crippen molar-refractivity contribution in [3.63, 3.8) is 0 Å². The van der Waals surface area contributed by atoms with E-state index in [0.29, 0.717) is 22.3 Å². The summed E-state index contributed by atoms with van der Waals surface area (Å²) >= 11 is 0. The Kier molecular flexibility index (Phi) is 2.79. The molecule has 0 amide bonds. The fraction of sp³-hybridized carbons (Fsp3) is 0. The maximum absolute atomic E-state index is 13.2. The first-order valence-electron chi connectivity index (χ1n) is 5.84. The molecule has 5 N–H and O–H groups in total. The molecule has 0 aliphatic rings. The number of aromatic nitrogens is 3. The number of aromatic amines is 2. The average Bonchev–Trinajstić information content (AvgIpc) is 3.07. The zero-order valence-electron chi connectivity index (χ0n) is 10.3. The summed E-state index contributed by atoms with van der Waals surface area (Å²) in [6.45, 7) is 0. The second-order valence-corrected chi connectivity index (χ2v) is 4.18. The lowest BCUT2D eigenvalue weighted by Crippen LogP contribution is -2.16. The summed E-state index contributed by atoms with van der Waals surface area (Å²) in [6.07, 6.45) is 4.39. The van der Waals surface area contributed by atoms with Gasteiger partial charge in [-0.2, -0.15) is 0 Å². The molecule has 3 aromatic rings. The number of halogens is 1. The Balaban J connectivity index is 2.01. The third-order valence-electron chi connectivity index (χ3n) is 2.86. The normalized spacial score (nSPS) is 11.9. The summed E-state index contributed by atoms with van der Waals surface area (Å²) in [5.74, 6) is -0.332. The molecule has 3 rings (SSSR count). The van der Waals surface area contributed by atoms with Crippen LogP contribution < -0.4 is 5.73 Å². The van der Waals surface area contributed by atoms with Crippen molar-refractivity contribution in [2.75, 3.05) is 0 Å². The molecule has 0 aromatic carbocycles. The van der Waals surface area contributed by atoms with E-state index in [9.17, 15) is 4.39 Å². The predicted molar refractivity (Wildman–Crippen MR) is 74.4 cm³/mol. The van der Waals surface area contributed by atoms with Crippen LogP contribution in [0, 0.1) is 11.2 Å². The van der Waals surface area contributed by atoms with Gasteiger partial charge < -0.3 is 15.7 Å². The molecule has 0 radical (unpaired) electrons. The Bertz CT molecular complexity index is 800. The van der Waals surface area contributed by atoms with Crippen LogP contribution >= 0.6 is 0 Å². The topological polar surface area (TPSA) is 107 Å². The lowest BCUT2D eigenvalue weighted by molar-refractivity contribution is 0.624. The maximum atomic E-state index is 13.2. The number of pyridine rings is 1. The van der Waals surface area contributed by atoms with Crippen LogP contribution in [0.15, 0.2) is 41.8 Å². The van der Waals surface area contributed by atoms with Gasteiger partial charge in [0.25, 0.3) is 0 Å². The zero-order valence-corrected chi connectivity index (χ0v) is 10.3. The van der Waals surface area contributed by atoms with E-state index in [1.807, 2.05) is 0 Å². The Labute approximate surface area is 113 Å². The van der Waals surface area contributed by atoms with Gasteiger partial charge in [-0.1, -0.05) is 0 Å². The van der Waals surface area contributed by atoms with Crippen molar-refractivity contribution in [2.45, 2.75) is 0 Å². The monoisotopic (exact) mass is 270 g/mol. The number of fused-ring (bicyclic) bond motifs is 1. The number of nitrogens with one attached hydrogen (secondary N) is 3. The molecule has 0 saturated heterocycles. The highest BCUT2D eigenvalue weighted by Crippen LogP contribution is 2.18. The van der Waals surface area contributed by atoms with Gasteiger partial charge in [-0.3, -0.25) is 5.41 Å². The van der Waals surface area contributed by atoms with Gasteiger partial charge in [0, 0.05) is 23.3 Å². The fourth-order valence-corrected chi connectivity index (χ4v) is 1.90. The van der Waals surface area contributed by atoms with E-state index in [-0.39, 0.29) is 11.7 Å². The van der Waals surface area contributed by atoms with E-state index in [1.54, 1.807) is 24.5 Å². The molecule has 0 atom stereocenters. The number of rotatable bonds is 2. The van der Waals surface area contributed by atoms with Crippen molar-refractivity contribution < 1.29 is 4.39 Å². The molecule has 7 heteroatoms. The van der Waals surface area contributed by atoms with Gasteiger partial charge in [-0.05, 0) is 18.2 Å². The Morgan fingerprint density at radius 1 is 1.40 bits per heavy atom. The highest BCUT2D eigenvalue weighted by Gasteiger charge is 2.11. The van der Waals surface area contributed by atoms with Crippen molar-refractivity contribution in [1.29, 1.82) is 5.41 Å². The van der Waals surface area contributed by atoms with Crippen molar-refractivity contribution in [3.05, 3.63) is 53.9 Å². The standard InChI is InChI=1S/C13H11FN6/c14-7-4-8-9(6-19-13(8)18-5-7)11(15)20-12(16)10-2-1-3-17-10/h1-6,17H,(H,18,19)(H3,15,16,20). The maximum Gasteiger partial charge on any atom is 0.156 e. The predicted octanol–water partition coefficient (Wildman–Crippen LogP) is 1.76. The number of hydrogen-bond donors (Lipinski definition) is 4. The van der Waals surface area contributed by atoms with Crippen LogP contribution in [-0.4, -0.2) is 26.6 Å². The number of amidine groups is 2. The summed E-state index contributed by atoms with van der Waals surface area (Å²) in [5.41, 5.74) is 7.37. The van der Waals surface area contributed by atoms with Gasteiger partial charge in [0.2, 0.25) is 0 Å². The van der Waals surface area contributed by atoms with Crippen LogP contribution in [0.4, 0.5) is 4.39 Å². The van der Waals surface area contributed by atoms with Crippen molar-refractivity contribution >= 4 is 22.7 Å². The Morgan fingerprint density at radius 3 is 3.00 bits per heavy atom. The van der Waals surface area contributed by atoms with E-state index in [2.05, 4.69) is 19.9 Å². The second-order valence-electron chi connectivity index (χ2n) is 4.18. The largest absolute Gasteiger partial charge is 0.382 e. The van der Waals surface area contributed by atoms with Crippen molar-refractivity contribution in [1.82, 2.24) is 15.0 Å². The quantitative estimate of drug-likeness (QED) is 0.420. The number of aliphatic imine (C=N–C) groups is 1. The molecule has 100 valence electrons. The van der Waals surface area contributed by atoms with Crippen molar-refractivity contribution in [2.24, 2.45) is 10.7 Å². The Hall–Kier alpha value is -2.96. The molecule has 0 fully saturated rings. The molecular weight excluding hydrogens is 259 g/mol. The van der Waals surface area contributed by atoms with E-state index < -0.39 is 5.82 Å². The van der Waals surface area contributed by atoms with Gasteiger partial charge in [0.05, 0.1) is 11.9 Å². The van der Waals surface area contributed by atoms with Crippen LogP contribution in [-0.2, 0) is 0 Å². The van der Waals surface area contributed by atoms with Gasteiger partial charge in [-0.15, -0.1) is 0 Å². The summed E-state index contributed by atoms with van der Waals surface area (Å²) in [6, 6.07) is 4.85. The molecule has 0 aliphatic heterocycles. The number of hydrogen-bond acceptors (Lipinski definition) is 2. The summed E-state index contributed by atoms with van der Waals surface area (Å²) in [5, 5.41) is 8.48. The van der Waals surface area contributed by atoms with Crippen LogP contribution in [0.5, 0.6) is 0 Å². The number of nitrogens with zero attached hydrogens (tertiary/aromatic N) is 2. The Morgan fingerprint density at radius 2 is 2.25 bits per heavy atom. The lowest BCUT2D eigenvalue weighted by atomic mass is 10.2. The summed E-state index contributed by atoms with van der Waals surface area (Å²) in [4.78, 5) is 13.7. The first kappa shape index (κ1) is 12.1. The first-order chi connectivity index (χ1) is 9.65. The van der Waals surface area contributed by atoms with Crippen LogP contribution in [0.2, 0.25) is 0 Å². The highest BCUT2D eigenvalue weighted by atomic mass is 19.1. The van der Waals surface area contributed by atoms with E-state index in [1.165, 1.54) is 6.07 Å². The summed E-state index contributed by atoms with van der Waals surface area (Å²) < 4.78 is 13.2. The van der Waals surface area contributed by atoms with E-state index in [0.717, 1.165) is 6.20 Å². The van der Waals surface area contributed by atoms with Gasteiger partial charge in [0.1, 0.15) is 17.3 Å². The number of H-pyrrole nitrogens is 2. The SMILES string of the molecule is N=C(/N=C(/N)c1ccc[nH]1)c1c[nH]c2ncc(F)cc12. The molecule has 3 heterocycles. The molecule has 6 nitrogen and oxygen atoms in total. The fourth-order valence-electron chi connectivity index (χ4n) is 1.90. The zero-order chi connectivity index (χ0) is 14.1. The molecule has 0 spiro atoms. The average molecular weight is 270 g/mol. The van der Waals surface area contributed by atoms with E-state index in [4.69, 9.17) is 11.1 Å². The van der Waals surface area contributed by atoms with Crippen molar-refractivity contribution in [3.8, 4) is 0 Å². The molecule has 0 bridgehead atoms. The molecule has 0 unspecified atom stereocenters. The van der Waals surface area contributed by atoms with Crippen LogP contribution in [0.1, 0.15) is 11.3 Å². The van der Waals surface area contributed by atoms with Crippen LogP contribution in [0.3, 0.4) is 0 Å². The molecule has 0 aliphatic carbocycles. The number of nitrogens with two attached hydrogens (primary N) is 1. The van der Waals surface area contributed by atoms with Gasteiger partial charge in [0.15, 0.2) is 5.84 Å². The van der Waals surface area contributed by atoms with Gasteiger partial charge >= 0.3 is 0 Å². The second kappa shape index (κ2) is 4.61. The first-order valence-corrected chi connectivity index (χ1v) is 5.84. The van der Waals surface area contributed by atoms with Crippen LogP contribution in [0.25, 0.3) is 11.0 Å². The third-order valence-corrected chi connectivity index (χ3v) is 2.86. The minimum atomic E-state index is -0.465. The lowest BCUT2D eigenvalue weighted by Gasteiger charge is -1.99. The summed E-state index contributed by atoms with van der Waals surface area (Å²) in [7, 11) is 0. The third kappa shape index (κ3) is 2.05. The molecule has 20 heavy (non-hydrogen) atoms. The highest BCUT2D eigenvalue weighted by molar-refractivity contribution is 6.14. The molecular formula is C13H11FN6.